The molecule has 3 heterocycles. The Bertz CT molecular complexity index is 1380. The lowest BCUT2D eigenvalue weighted by atomic mass is 9.85. The SMILES string of the molecule is Cc1c(C(O)=C2C(=O)C(=O)N(CCN3CCOCC3)[C@H]2c2ccc(C(C)(C)C)cc2)cnn1-c1ccccc1. The van der Waals surface area contributed by atoms with Crippen molar-refractivity contribution >= 4 is 17.4 Å². The van der Waals surface area contributed by atoms with Crippen LogP contribution in [0.4, 0.5) is 0 Å². The maximum absolute atomic E-state index is 13.5. The van der Waals surface area contributed by atoms with E-state index in [2.05, 4.69) is 30.8 Å². The number of hydrogen-bond acceptors (Lipinski definition) is 6. The van der Waals surface area contributed by atoms with Crippen LogP contribution in [0.2, 0.25) is 0 Å². The Morgan fingerprint density at radius 1 is 1.00 bits per heavy atom. The molecule has 0 bridgehead atoms. The number of benzene rings is 2. The van der Waals surface area contributed by atoms with Crippen LogP contribution in [0.5, 0.6) is 0 Å². The average Bonchev–Trinajstić information content (AvgIpc) is 3.44. The van der Waals surface area contributed by atoms with E-state index < -0.39 is 17.7 Å². The van der Waals surface area contributed by atoms with E-state index in [4.69, 9.17) is 4.74 Å². The maximum Gasteiger partial charge on any atom is 0.295 e. The molecule has 1 amide bonds. The number of ketones is 1. The second-order valence-corrected chi connectivity index (χ2v) is 11.2. The highest BCUT2D eigenvalue weighted by Crippen LogP contribution is 2.40. The normalized spacial score (nSPS) is 20.1. The van der Waals surface area contributed by atoms with Crippen molar-refractivity contribution in [3.8, 4) is 5.69 Å². The summed E-state index contributed by atoms with van der Waals surface area (Å²) in [4.78, 5) is 30.8. The minimum atomic E-state index is -0.695. The third-order valence-electron chi connectivity index (χ3n) is 7.66. The molecule has 2 aliphatic heterocycles. The Labute approximate surface area is 229 Å². The monoisotopic (exact) mass is 528 g/mol. The minimum absolute atomic E-state index is 0.0419. The van der Waals surface area contributed by atoms with Crippen LogP contribution in [0, 0.1) is 6.92 Å². The fraction of sp³-hybridized carbons (Fsp3) is 0.387. The smallest absolute Gasteiger partial charge is 0.295 e. The average molecular weight is 529 g/mol. The number of aliphatic hydroxyl groups is 1. The lowest BCUT2D eigenvalue weighted by Gasteiger charge is -2.31. The quantitative estimate of drug-likeness (QED) is 0.293. The topological polar surface area (TPSA) is 87.9 Å². The molecule has 1 atom stereocenters. The number of carbonyl (C=O) groups is 2. The molecule has 2 aliphatic rings. The summed E-state index contributed by atoms with van der Waals surface area (Å²) in [5, 5.41) is 16.1. The van der Waals surface area contributed by atoms with Gasteiger partial charge < -0.3 is 14.7 Å². The fourth-order valence-corrected chi connectivity index (χ4v) is 5.31. The van der Waals surface area contributed by atoms with Crippen molar-refractivity contribution in [1.82, 2.24) is 19.6 Å². The number of ether oxygens (including phenoxy) is 1. The summed E-state index contributed by atoms with van der Waals surface area (Å²) in [6.45, 7) is 12.1. The molecule has 1 N–H and O–H groups in total. The number of likely N-dealkylation sites (tertiary alicyclic amines) is 1. The van der Waals surface area contributed by atoms with E-state index >= 15 is 0 Å². The third kappa shape index (κ3) is 5.27. The van der Waals surface area contributed by atoms with E-state index in [1.165, 1.54) is 0 Å². The predicted molar refractivity (Wildman–Crippen MR) is 150 cm³/mol. The second-order valence-electron chi connectivity index (χ2n) is 11.2. The van der Waals surface area contributed by atoms with Gasteiger partial charge in [0.2, 0.25) is 0 Å². The minimum Gasteiger partial charge on any atom is -0.507 e. The Morgan fingerprint density at radius 2 is 1.67 bits per heavy atom. The van der Waals surface area contributed by atoms with Crippen LogP contribution in [-0.4, -0.2) is 75.8 Å². The van der Waals surface area contributed by atoms with Gasteiger partial charge in [0.05, 0.1) is 48.0 Å². The molecule has 3 aromatic rings. The molecule has 1 aromatic heterocycles. The summed E-state index contributed by atoms with van der Waals surface area (Å²) in [5.74, 6) is -1.47. The number of nitrogens with zero attached hydrogens (tertiary/aromatic N) is 4. The van der Waals surface area contributed by atoms with Crippen LogP contribution in [-0.2, 0) is 19.7 Å². The molecule has 2 saturated heterocycles. The van der Waals surface area contributed by atoms with Gasteiger partial charge in [-0.15, -0.1) is 0 Å². The van der Waals surface area contributed by atoms with E-state index in [9.17, 15) is 14.7 Å². The van der Waals surface area contributed by atoms with Crippen molar-refractivity contribution in [3.05, 3.63) is 88.8 Å². The van der Waals surface area contributed by atoms with Gasteiger partial charge in [0.25, 0.3) is 11.7 Å². The summed E-state index contributed by atoms with van der Waals surface area (Å²) in [5.41, 5.74) is 3.95. The molecule has 39 heavy (non-hydrogen) atoms. The molecule has 0 unspecified atom stereocenters. The number of para-hydroxylation sites is 1. The summed E-state index contributed by atoms with van der Waals surface area (Å²) in [6, 6.07) is 16.9. The summed E-state index contributed by atoms with van der Waals surface area (Å²) in [7, 11) is 0. The van der Waals surface area contributed by atoms with Crippen molar-refractivity contribution < 1.29 is 19.4 Å². The molecule has 8 heteroatoms. The van der Waals surface area contributed by atoms with Gasteiger partial charge in [0, 0.05) is 26.2 Å². The molecule has 2 fully saturated rings. The van der Waals surface area contributed by atoms with Crippen molar-refractivity contribution in [1.29, 1.82) is 0 Å². The van der Waals surface area contributed by atoms with Gasteiger partial charge in [-0.25, -0.2) is 4.68 Å². The van der Waals surface area contributed by atoms with Gasteiger partial charge in [-0.05, 0) is 35.6 Å². The van der Waals surface area contributed by atoms with Crippen LogP contribution >= 0.6 is 0 Å². The Balaban J connectivity index is 1.56. The van der Waals surface area contributed by atoms with Gasteiger partial charge in [-0.3, -0.25) is 14.5 Å². The zero-order valence-electron chi connectivity index (χ0n) is 23.1. The Morgan fingerprint density at radius 3 is 2.31 bits per heavy atom. The highest BCUT2D eigenvalue weighted by molar-refractivity contribution is 6.46. The van der Waals surface area contributed by atoms with Crippen molar-refractivity contribution in [2.45, 2.75) is 39.2 Å². The molecule has 0 saturated carbocycles. The van der Waals surface area contributed by atoms with E-state index in [0.29, 0.717) is 37.6 Å². The number of carbonyl (C=O) groups excluding carboxylic acids is 2. The summed E-state index contributed by atoms with van der Waals surface area (Å²) in [6.07, 6.45) is 1.55. The van der Waals surface area contributed by atoms with Crippen LogP contribution in [0.1, 0.15) is 49.2 Å². The fourth-order valence-electron chi connectivity index (χ4n) is 5.31. The lowest BCUT2D eigenvalue weighted by Crippen LogP contribution is -2.42. The Hall–Kier alpha value is -3.75. The largest absolute Gasteiger partial charge is 0.507 e. The first-order valence-electron chi connectivity index (χ1n) is 13.5. The summed E-state index contributed by atoms with van der Waals surface area (Å²) < 4.78 is 7.18. The van der Waals surface area contributed by atoms with Crippen molar-refractivity contribution in [2.24, 2.45) is 0 Å². The molecule has 0 spiro atoms. The molecule has 204 valence electrons. The number of amides is 1. The van der Waals surface area contributed by atoms with E-state index in [1.807, 2.05) is 61.5 Å². The van der Waals surface area contributed by atoms with E-state index in [0.717, 1.165) is 29.9 Å². The number of aromatic nitrogens is 2. The van der Waals surface area contributed by atoms with Gasteiger partial charge in [-0.2, -0.15) is 5.10 Å². The molecular weight excluding hydrogens is 492 g/mol. The highest BCUT2D eigenvalue weighted by Gasteiger charge is 2.46. The first-order chi connectivity index (χ1) is 18.7. The van der Waals surface area contributed by atoms with Gasteiger partial charge in [0.15, 0.2) is 0 Å². The first kappa shape index (κ1) is 26.8. The third-order valence-corrected chi connectivity index (χ3v) is 7.66. The highest BCUT2D eigenvalue weighted by atomic mass is 16.5. The van der Waals surface area contributed by atoms with E-state index in [-0.39, 0.29) is 16.7 Å². The maximum atomic E-state index is 13.5. The molecule has 0 aliphatic carbocycles. The molecule has 0 radical (unpaired) electrons. The van der Waals surface area contributed by atoms with Crippen LogP contribution in [0.25, 0.3) is 11.4 Å². The molecule has 5 rings (SSSR count). The van der Waals surface area contributed by atoms with E-state index in [1.54, 1.807) is 15.8 Å². The van der Waals surface area contributed by atoms with Gasteiger partial charge in [-0.1, -0.05) is 63.2 Å². The zero-order valence-corrected chi connectivity index (χ0v) is 23.1. The first-order valence-corrected chi connectivity index (χ1v) is 13.5. The number of rotatable bonds is 6. The number of hydrogen-bond donors (Lipinski definition) is 1. The molecular formula is C31H36N4O4. The van der Waals surface area contributed by atoms with Crippen molar-refractivity contribution in [2.75, 3.05) is 39.4 Å². The number of aliphatic hydroxyl groups excluding tert-OH is 1. The molecule has 2 aromatic carbocycles. The standard InChI is InChI=1S/C31H36N4O4/c1-21-25(20-32-35(21)24-8-6-5-7-9-24)28(36)26-27(22-10-12-23(13-11-22)31(2,3)4)34(30(38)29(26)37)15-14-33-16-18-39-19-17-33/h5-13,20,27,36H,14-19H2,1-4H3/t27-/m0/s1. The van der Waals surface area contributed by atoms with Crippen LogP contribution < -0.4 is 0 Å². The van der Waals surface area contributed by atoms with Gasteiger partial charge in [0.1, 0.15) is 5.76 Å². The van der Waals surface area contributed by atoms with Gasteiger partial charge >= 0.3 is 0 Å². The van der Waals surface area contributed by atoms with Crippen LogP contribution in [0.15, 0.2) is 66.4 Å². The predicted octanol–water partition coefficient (Wildman–Crippen LogP) is 4.23. The zero-order chi connectivity index (χ0) is 27.7. The number of morpholine rings is 1. The summed E-state index contributed by atoms with van der Waals surface area (Å²) >= 11 is 0. The lowest BCUT2D eigenvalue weighted by molar-refractivity contribution is -0.140. The number of Topliss-reactive ketones (excluding diaryl/α,β-unsaturated/α-hetero) is 1. The van der Waals surface area contributed by atoms with Crippen LogP contribution in [0.3, 0.4) is 0 Å². The molecule has 8 nitrogen and oxygen atoms in total. The Kier molecular flexibility index (Phi) is 7.42. The van der Waals surface area contributed by atoms with Crippen molar-refractivity contribution in [3.63, 3.8) is 0 Å². The second kappa shape index (κ2) is 10.8.